The summed E-state index contributed by atoms with van der Waals surface area (Å²) in [6, 6.07) is 15.3. The van der Waals surface area contributed by atoms with Crippen molar-refractivity contribution in [1.29, 1.82) is 5.26 Å². The Bertz CT molecular complexity index is 882. The van der Waals surface area contributed by atoms with Gasteiger partial charge in [-0.3, -0.25) is 4.79 Å². The van der Waals surface area contributed by atoms with Gasteiger partial charge in [0.15, 0.2) is 0 Å². The number of aromatic nitrogens is 1. The average Bonchev–Trinajstić information content (AvgIpc) is 2.99. The number of carbonyl (C=O) groups excluding carboxylic acids is 1. The van der Waals surface area contributed by atoms with Crippen molar-refractivity contribution in [2.45, 2.75) is 25.8 Å². The van der Waals surface area contributed by atoms with Gasteiger partial charge in [0.2, 0.25) is 5.91 Å². The molecule has 0 atom stereocenters. The van der Waals surface area contributed by atoms with Crippen LogP contribution in [-0.4, -0.2) is 35.4 Å². The smallest absolute Gasteiger partial charge is 0.223 e. The first-order valence-corrected chi connectivity index (χ1v) is 9.59. The van der Waals surface area contributed by atoms with E-state index in [1.54, 1.807) is 6.07 Å². The van der Waals surface area contributed by atoms with Crippen LogP contribution in [0.4, 0.5) is 5.82 Å². The van der Waals surface area contributed by atoms with Crippen molar-refractivity contribution in [3.05, 3.63) is 58.7 Å². The van der Waals surface area contributed by atoms with Crippen molar-refractivity contribution in [2.75, 3.05) is 24.5 Å². The van der Waals surface area contributed by atoms with Gasteiger partial charge in [0.25, 0.3) is 0 Å². The highest BCUT2D eigenvalue weighted by atomic mass is 35.5. The Morgan fingerprint density at radius 2 is 1.89 bits per heavy atom. The maximum atomic E-state index is 12.6. The molecule has 4 rings (SSSR count). The number of piperidine rings is 1. The molecule has 2 aliphatic heterocycles. The van der Waals surface area contributed by atoms with Crippen molar-refractivity contribution in [3.8, 4) is 6.07 Å². The Hall–Kier alpha value is -2.58. The number of hydrogen-bond acceptors (Lipinski definition) is 4. The molecule has 27 heavy (non-hydrogen) atoms. The second-order valence-electron chi connectivity index (χ2n) is 7.53. The van der Waals surface area contributed by atoms with Gasteiger partial charge in [-0.15, -0.1) is 0 Å². The molecule has 1 aromatic heterocycles. The molecular weight excluding hydrogens is 360 g/mol. The molecule has 2 saturated heterocycles. The van der Waals surface area contributed by atoms with E-state index in [4.69, 9.17) is 16.9 Å². The first-order chi connectivity index (χ1) is 13.1. The van der Waals surface area contributed by atoms with Crippen LogP contribution in [0.5, 0.6) is 0 Å². The van der Waals surface area contributed by atoms with Gasteiger partial charge in [-0.25, -0.2) is 4.98 Å². The maximum absolute atomic E-state index is 12.6. The lowest BCUT2D eigenvalue weighted by Crippen LogP contribution is -2.42. The number of nitriles is 1. The van der Waals surface area contributed by atoms with Crippen LogP contribution >= 0.6 is 11.6 Å². The Morgan fingerprint density at radius 1 is 1.15 bits per heavy atom. The predicted molar refractivity (Wildman–Crippen MR) is 104 cm³/mol. The quantitative estimate of drug-likeness (QED) is 0.815. The number of hydrogen-bond donors (Lipinski definition) is 0. The third-order valence-electron chi connectivity index (χ3n) is 5.69. The standard InChI is InChI=1S/C21H21ClN4O/c22-17-6-4-16(5-7-17)14-26-15-21(12-20(26)27)8-10-25(11-9-21)19-3-1-2-18(13-23)24-19/h1-7H,8-12,14-15H2. The summed E-state index contributed by atoms with van der Waals surface area (Å²) in [5.41, 5.74) is 1.62. The van der Waals surface area contributed by atoms with Gasteiger partial charge in [0, 0.05) is 43.0 Å². The molecule has 2 aliphatic rings. The molecule has 0 radical (unpaired) electrons. The van der Waals surface area contributed by atoms with E-state index < -0.39 is 0 Å². The van der Waals surface area contributed by atoms with E-state index in [2.05, 4.69) is 16.0 Å². The van der Waals surface area contributed by atoms with E-state index in [0.29, 0.717) is 23.7 Å². The van der Waals surface area contributed by atoms with E-state index in [1.807, 2.05) is 41.3 Å². The summed E-state index contributed by atoms with van der Waals surface area (Å²) in [5.74, 6) is 1.09. The van der Waals surface area contributed by atoms with Gasteiger partial charge < -0.3 is 9.80 Å². The number of benzene rings is 1. The monoisotopic (exact) mass is 380 g/mol. The van der Waals surface area contributed by atoms with Crippen molar-refractivity contribution in [2.24, 2.45) is 5.41 Å². The highest BCUT2D eigenvalue weighted by molar-refractivity contribution is 6.30. The van der Waals surface area contributed by atoms with Crippen LogP contribution in [0.3, 0.4) is 0 Å². The van der Waals surface area contributed by atoms with Crippen molar-refractivity contribution < 1.29 is 4.79 Å². The number of likely N-dealkylation sites (tertiary alicyclic amines) is 1. The van der Waals surface area contributed by atoms with Crippen LogP contribution in [0, 0.1) is 16.7 Å². The molecule has 1 amide bonds. The van der Waals surface area contributed by atoms with Crippen LogP contribution in [0.2, 0.25) is 5.02 Å². The van der Waals surface area contributed by atoms with Gasteiger partial charge in [0.05, 0.1) is 0 Å². The molecule has 5 nitrogen and oxygen atoms in total. The van der Waals surface area contributed by atoms with E-state index in [0.717, 1.165) is 43.9 Å². The zero-order valence-electron chi connectivity index (χ0n) is 15.1. The summed E-state index contributed by atoms with van der Waals surface area (Å²) in [7, 11) is 0. The predicted octanol–water partition coefficient (Wildman–Crippen LogP) is 3.63. The van der Waals surface area contributed by atoms with Crippen molar-refractivity contribution in [3.63, 3.8) is 0 Å². The van der Waals surface area contributed by atoms with Gasteiger partial charge >= 0.3 is 0 Å². The Balaban J connectivity index is 1.40. The molecule has 138 valence electrons. The SMILES string of the molecule is N#Cc1cccc(N2CCC3(CC2)CC(=O)N(Cc2ccc(Cl)cc2)C3)n1. The van der Waals surface area contributed by atoms with Crippen LogP contribution in [-0.2, 0) is 11.3 Å². The number of halogens is 1. The van der Waals surface area contributed by atoms with Crippen LogP contribution in [0.1, 0.15) is 30.5 Å². The minimum atomic E-state index is 0.0623. The van der Waals surface area contributed by atoms with Gasteiger partial charge in [-0.1, -0.05) is 29.8 Å². The molecular formula is C21H21ClN4O. The van der Waals surface area contributed by atoms with Gasteiger partial charge in [-0.05, 0) is 42.7 Å². The molecule has 0 aliphatic carbocycles. The lowest BCUT2D eigenvalue weighted by molar-refractivity contribution is -0.128. The van der Waals surface area contributed by atoms with Gasteiger partial charge in [0.1, 0.15) is 17.6 Å². The van der Waals surface area contributed by atoms with Crippen LogP contribution in [0.25, 0.3) is 0 Å². The lowest BCUT2D eigenvalue weighted by Gasteiger charge is -2.39. The fraction of sp³-hybridized carbons (Fsp3) is 0.381. The van der Waals surface area contributed by atoms with Crippen molar-refractivity contribution >= 4 is 23.3 Å². The zero-order valence-corrected chi connectivity index (χ0v) is 15.8. The fourth-order valence-electron chi connectivity index (χ4n) is 4.14. The third-order valence-corrected chi connectivity index (χ3v) is 5.94. The van der Waals surface area contributed by atoms with E-state index >= 15 is 0 Å². The zero-order chi connectivity index (χ0) is 18.9. The number of carbonyl (C=O) groups is 1. The first-order valence-electron chi connectivity index (χ1n) is 9.21. The topological polar surface area (TPSA) is 60.2 Å². The molecule has 0 bridgehead atoms. The van der Waals surface area contributed by atoms with Crippen LogP contribution in [0.15, 0.2) is 42.5 Å². The molecule has 6 heteroatoms. The van der Waals surface area contributed by atoms with Crippen LogP contribution < -0.4 is 4.90 Å². The number of anilines is 1. The van der Waals surface area contributed by atoms with E-state index in [-0.39, 0.29) is 11.3 Å². The highest BCUT2D eigenvalue weighted by Crippen LogP contribution is 2.42. The number of amides is 1. The van der Waals surface area contributed by atoms with E-state index in [1.165, 1.54) is 0 Å². The molecule has 0 unspecified atom stereocenters. The summed E-state index contributed by atoms with van der Waals surface area (Å²) in [6.45, 7) is 3.19. The van der Waals surface area contributed by atoms with E-state index in [9.17, 15) is 4.79 Å². The van der Waals surface area contributed by atoms with Gasteiger partial charge in [-0.2, -0.15) is 5.26 Å². The summed E-state index contributed by atoms with van der Waals surface area (Å²) in [4.78, 5) is 21.2. The second-order valence-corrected chi connectivity index (χ2v) is 7.97. The molecule has 1 aromatic carbocycles. The number of rotatable bonds is 3. The fourth-order valence-corrected chi connectivity index (χ4v) is 4.27. The highest BCUT2D eigenvalue weighted by Gasteiger charge is 2.44. The first kappa shape index (κ1) is 17.8. The summed E-state index contributed by atoms with van der Waals surface area (Å²) >= 11 is 5.95. The Morgan fingerprint density at radius 3 is 2.59 bits per heavy atom. The molecule has 2 fully saturated rings. The second kappa shape index (κ2) is 7.21. The molecule has 1 spiro atoms. The largest absolute Gasteiger partial charge is 0.357 e. The number of nitrogens with zero attached hydrogens (tertiary/aromatic N) is 4. The Kier molecular flexibility index (Phi) is 4.75. The minimum Gasteiger partial charge on any atom is -0.357 e. The summed E-state index contributed by atoms with van der Waals surface area (Å²) in [6.07, 6.45) is 2.56. The molecule has 2 aromatic rings. The van der Waals surface area contributed by atoms with Crippen molar-refractivity contribution in [1.82, 2.24) is 9.88 Å². The Labute approximate surface area is 164 Å². The summed E-state index contributed by atoms with van der Waals surface area (Å²) < 4.78 is 0. The molecule has 3 heterocycles. The number of pyridine rings is 1. The summed E-state index contributed by atoms with van der Waals surface area (Å²) in [5, 5.41) is 9.75. The maximum Gasteiger partial charge on any atom is 0.223 e. The average molecular weight is 381 g/mol. The minimum absolute atomic E-state index is 0.0623. The third kappa shape index (κ3) is 3.77. The lowest BCUT2D eigenvalue weighted by atomic mass is 9.77. The molecule has 0 N–H and O–H groups in total. The normalized spacial score (nSPS) is 18.7. The molecule has 0 saturated carbocycles.